The van der Waals surface area contributed by atoms with Crippen molar-refractivity contribution in [2.75, 3.05) is 13.1 Å². The van der Waals surface area contributed by atoms with Crippen molar-refractivity contribution in [3.05, 3.63) is 12.7 Å². The van der Waals surface area contributed by atoms with Crippen molar-refractivity contribution in [2.45, 2.75) is 25.8 Å². The molecule has 1 fully saturated rings. The van der Waals surface area contributed by atoms with Gasteiger partial charge in [-0.25, -0.2) is 4.79 Å². The number of carbonyl (C=O) groups is 1. The van der Waals surface area contributed by atoms with Crippen molar-refractivity contribution in [1.82, 2.24) is 10.2 Å². The average Bonchev–Trinajstić information content (AvgIpc) is 1.99. The maximum absolute atomic E-state index is 11.4. The molecule has 1 N–H and O–H groups in total. The van der Waals surface area contributed by atoms with Crippen LogP contribution in [0.3, 0.4) is 0 Å². The number of hydrogen-bond donors (Lipinski definition) is 1. The minimum atomic E-state index is 0.0196. The zero-order valence-electron chi connectivity index (χ0n) is 7.76. The number of nitrogens with zero attached hydrogens (tertiary/aromatic N) is 1. The summed E-state index contributed by atoms with van der Waals surface area (Å²) in [6, 6.07) is 0.0196. The van der Waals surface area contributed by atoms with Crippen LogP contribution in [0, 0.1) is 0 Å². The first kappa shape index (κ1) is 9.10. The summed E-state index contributed by atoms with van der Waals surface area (Å²) in [4.78, 5) is 13.2. The fourth-order valence-electron chi connectivity index (χ4n) is 1.30. The highest BCUT2D eigenvalue weighted by molar-refractivity contribution is 5.76. The van der Waals surface area contributed by atoms with E-state index in [2.05, 4.69) is 25.7 Å². The first-order valence-corrected chi connectivity index (χ1v) is 4.24. The van der Waals surface area contributed by atoms with Gasteiger partial charge in [-0.15, -0.1) is 6.58 Å². The van der Waals surface area contributed by atoms with Crippen LogP contribution in [0.25, 0.3) is 0 Å². The Bertz CT molecular complexity index is 199. The molecule has 1 saturated heterocycles. The summed E-state index contributed by atoms with van der Waals surface area (Å²) in [5.41, 5.74) is 0.0469. The Balaban J connectivity index is 2.38. The van der Waals surface area contributed by atoms with E-state index in [9.17, 15) is 4.79 Å². The van der Waals surface area contributed by atoms with Crippen LogP contribution in [0.5, 0.6) is 0 Å². The van der Waals surface area contributed by atoms with Crippen LogP contribution in [-0.4, -0.2) is 29.6 Å². The lowest BCUT2D eigenvalue weighted by Crippen LogP contribution is -2.61. The van der Waals surface area contributed by atoms with Crippen molar-refractivity contribution in [1.29, 1.82) is 0 Å². The molecule has 0 aromatic heterocycles. The summed E-state index contributed by atoms with van der Waals surface area (Å²) in [5.74, 6) is 0. The van der Waals surface area contributed by atoms with E-state index in [0.29, 0.717) is 6.54 Å². The molecule has 1 aliphatic rings. The Labute approximate surface area is 73.4 Å². The number of rotatable bonds is 2. The van der Waals surface area contributed by atoms with Gasteiger partial charge in [-0.2, -0.15) is 0 Å². The monoisotopic (exact) mass is 168 g/mol. The van der Waals surface area contributed by atoms with Gasteiger partial charge in [0.1, 0.15) is 0 Å². The lowest BCUT2D eigenvalue weighted by molar-refractivity contribution is 0.0538. The zero-order valence-corrected chi connectivity index (χ0v) is 7.76. The first-order valence-electron chi connectivity index (χ1n) is 4.24. The minimum absolute atomic E-state index is 0.0196. The molecule has 0 bridgehead atoms. The molecule has 0 radical (unpaired) electrons. The summed E-state index contributed by atoms with van der Waals surface area (Å²) in [6.45, 7) is 9.10. The number of hydrogen-bond acceptors (Lipinski definition) is 1. The van der Waals surface area contributed by atoms with Crippen LogP contribution in [-0.2, 0) is 0 Å². The van der Waals surface area contributed by atoms with Gasteiger partial charge in [0, 0.05) is 18.6 Å². The van der Waals surface area contributed by atoms with Crippen molar-refractivity contribution in [2.24, 2.45) is 0 Å². The summed E-state index contributed by atoms with van der Waals surface area (Å²) < 4.78 is 0. The lowest BCUT2D eigenvalue weighted by atomic mass is 9.90. The second kappa shape index (κ2) is 3.17. The van der Waals surface area contributed by atoms with Crippen molar-refractivity contribution < 1.29 is 4.79 Å². The molecule has 0 aliphatic carbocycles. The third-order valence-electron chi connectivity index (χ3n) is 2.32. The average molecular weight is 168 g/mol. The highest BCUT2D eigenvalue weighted by Gasteiger charge is 2.38. The molecule has 68 valence electrons. The van der Waals surface area contributed by atoms with Gasteiger partial charge < -0.3 is 10.2 Å². The molecular formula is C9H16N2O. The maximum atomic E-state index is 11.4. The molecule has 1 rings (SSSR count). The second-order valence-corrected chi connectivity index (χ2v) is 3.69. The van der Waals surface area contributed by atoms with E-state index in [1.807, 2.05) is 4.90 Å². The minimum Gasteiger partial charge on any atom is -0.335 e. The van der Waals surface area contributed by atoms with Gasteiger partial charge in [-0.05, 0) is 20.3 Å². The van der Waals surface area contributed by atoms with Crippen LogP contribution in [0.4, 0.5) is 4.79 Å². The Hall–Kier alpha value is -0.990. The third kappa shape index (κ3) is 1.60. The van der Waals surface area contributed by atoms with Crippen LogP contribution in [0.15, 0.2) is 12.7 Å². The molecule has 12 heavy (non-hydrogen) atoms. The van der Waals surface area contributed by atoms with Crippen molar-refractivity contribution >= 4 is 6.03 Å². The molecule has 3 nitrogen and oxygen atoms in total. The van der Waals surface area contributed by atoms with Gasteiger partial charge in [-0.1, -0.05) is 6.08 Å². The molecule has 0 saturated carbocycles. The van der Waals surface area contributed by atoms with E-state index in [1.54, 1.807) is 6.08 Å². The van der Waals surface area contributed by atoms with Gasteiger partial charge >= 0.3 is 6.03 Å². The number of amides is 2. The lowest BCUT2D eigenvalue weighted by Gasteiger charge is -2.48. The van der Waals surface area contributed by atoms with E-state index in [0.717, 1.165) is 13.0 Å². The third-order valence-corrected chi connectivity index (χ3v) is 2.32. The number of carbonyl (C=O) groups excluding carboxylic acids is 1. The van der Waals surface area contributed by atoms with Crippen molar-refractivity contribution in [3.63, 3.8) is 0 Å². The quantitative estimate of drug-likeness (QED) is 0.620. The van der Waals surface area contributed by atoms with E-state index >= 15 is 0 Å². The van der Waals surface area contributed by atoms with Gasteiger partial charge in [0.2, 0.25) is 0 Å². The van der Waals surface area contributed by atoms with Gasteiger partial charge in [0.25, 0.3) is 0 Å². The normalized spacial score (nSPS) is 19.7. The maximum Gasteiger partial charge on any atom is 0.318 e. The Kier molecular flexibility index (Phi) is 2.40. The predicted molar refractivity (Wildman–Crippen MR) is 49.0 cm³/mol. The number of urea groups is 1. The van der Waals surface area contributed by atoms with E-state index < -0.39 is 0 Å². The van der Waals surface area contributed by atoms with E-state index in [-0.39, 0.29) is 11.6 Å². The van der Waals surface area contributed by atoms with E-state index in [4.69, 9.17) is 0 Å². The predicted octanol–water partition coefficient (Wildman–Crippen LogP) is 1.37. The summed E-state index contributed by atoms with van der Waals surface area (Å²) in [6.07, 6.45) is 2.78. The van der Waals surface area contributed by atoms with Gasteiger partial charge in [0.15, 0.2) is 0 Å². The summed E-state index contributed by atoms with van der Waals surface area (Å²) >= 11 is 0. The molecule has 0 unspecified atom stereocenters. The molecule has 0 aromatic carbocycles. The molecule has 0 atom stereocenters. The van der Waals surface area contributed by atoms with Crippen molar-refractivity contribution in [3.8, 4) is 0 Å². The Morgan fingerprint density at radius 2 is 2.42 bits per heavy atom. The fourth-order valence-corrected chi connectivity index (χ4v) is 1.30. The fraction of sp³-hybridized carbons (Fsp3) is 0.667. The largest absolute Gasteiger partial charge is 0.335 e. The molecule has 0 aromatic rings. The smallest absolute Gasteiger partial charge is 0.318 e. The van der Waals surface area contributed by atoms with Crippen LogP contribution >= 0.6 is 0 Å². The Morgan fingerprint density at radius 3 is 2.75 bits per heavy atom. The molecule has 1 heterocycles. The van der Waals surface area contributed by atoms with E-state index in [1.165, 1.54) is 0 Å². The van der Waals surface area contributed by atoms with Crippen LogP contribution in [0.1, 0.15) is 20.3 Å². The number of likely N-dealkylation sites (tertiary alicyclic amines) is 1. The van der Waals surface area contributed by atoms with Crippen LogP contribution in [0.2, 0.25) is 0 Å². The highest BCUT2D eigenvalue weighted by Crippen LogP contribution is 2.28. The van der Waals surface area contributed by atoms with Crippen LogP contribution < -0.4 is 5.32 Å². The van der Waals surface area contributed by atoms with Gasteiger partial charge in [0.05, 0.1) is 0 Å². The molecular weight excluding hydrogens is 152 g/mol. The van der Waals surface area contributed by atoms with Gasteiger partial charge in [-0.3, -0.25) is 0 Å². The molecule has 3 heteroatoms. The molecule has 2 amide bonds. The number of nitrogens with one attached hydrogen (secondary N) is 1. The Morgan fingerprint density at radius 1 is 1.75 bits per heavy atom. The topological polar surface area (TPSA) is 32.3 Å². The molecule has 0 spiro atoms. The first-order chi connectivity index (χ1) is 5.58. The molecule has 1 aliphatic heterocycles. The second-order valence-electron chi connectivity index (χ2n) is 3.69. The SMILES string of the molecule is C=CCNC(=O)N1CCC1(C)C. The summed E-state index contributed by atoms with van der Waals surface area (Å²) in [5, 5.41) is 2.76. The summed E-state index contributed by atoms with van der Waals surface area (Å²) in [7, 11) is 0. The standard InChI is InChI=1S/C9H16N2O/c1-4-6-10-8(12)11-7-5-9(11,2)3/h4H,1,5-7H2,2-3H3,(H,10,12). The zero-order chi connectivity index (χ0) is 9.19. The highest BCUT2D eigenvalue weighted by atomic mass is 16.2.